The van der Waals surface area contributed by atoms with Crippen molar-refractivity contribution in [3.8, 4) is 17.2 Å². The van der Waals surface area contributed by atoms with E-state index in [2.05, 4.69) is 15.5 Å². The molecule has 0 saturated carbocycles. The van der Waals surface area contributed by atoms with Crippen LogP contribution in [0.1, 0.15) is 61.8 Å². The number of esters is 4. The molecule has 232 valence electrons. The van der Waals surface area contributed by atoms with Crippen molar-refractivity contribution in [2.24, 2.45) is 5.34 Å². The molecule has 0 aliphatic heterocycles. The molecule has 0 bridgehead atoms. The van der Waals surface area contributed by atoms with E-state index < -0.39 is 48.4 Å². The highest BCUT2D eigenvalue weighted by atomic mass is 16.7. The van der Waals surface area contributed by atoms with Gasteiger partial charge in [-0.05, 0) is 58.0 Å². The molecule has 0 saturated heterocycles. The number of ether oxygens (including phenoxy) is 6. The molecule has 2 aromatic carbocycles. The number of amides is 1. The Morgan fingerprint density at radius 2 is 1.58 bits per heavy atom. The van der Waals surface area contributed by atoms with Crippen molar-refractivity contribution in [1.82, 2.24) is 5.32 Å². The van der Waals surface area contributed by atoms with Crippen molar-refractivity contribution >= 4 is 30.0 Å². The molecule has 0 heterocycles. The molecule has 2 rings (SSSR count). The maximum absolute atomic E-state index is 12.7. The average molecular weight is 605 g/mol. The van der Waals surface area contributed by atoms with Crippen LogP contribution in [0.5, 0.6) is 17.2 Å². The summed E-state index contributed by atoms with van der Waals surface area (Å²) in [4.78, 5) is 75.6. The van der Waals surface area contributed by atoms with Gasteiger partial charge in [0, 0.05) is 13.3 Å². The molecule has 2 aromatic rings. The smallest absolute Gasteiger partial charge is 0.408 e. The SMILES string of the molecule is CC(=O)Oc1ccccc1C(=O)OCOC(=O)c1ccc(OCCCON=O)c(OC(=O)C(C)NC(=O)OC(C)(C)C)c1. The van der Waals surface area contributed by atoms with E-state index in [1.807, 2.05) is 0 Å². The van der Waals surface area contributed by atoms with Gasteiger partial charge in [-0.3, -0.25) is 4.79 Å². The Balaban J connectivity index is 2.11. The molecular formula is C28H32N2O13. The Bertz CT molecular complexity index is 1320. The Labute approximate surface area is 246 Å². The van der Waals surface area contributed by atoms with Crippen LogP contribution in [0, 0.1) is 4.91 Å². The first-order valence-electron chi connectivity index (χ1n) is 12.8. The lowest BCUT2D eigenvalue weighted by atomic mass is 10.2. The topological polar surface area (TPSA) is 191 Å². The number of rotatable bonds is 14. The Hall–Kier alpha value is -5.21. The van der Waals surface area contributed by atoms with Crippen molar-refractivity contribution < 1.29 is 57.2 Å². The summed E-state index contributed by atoms with van der Waals surface area (Å²) in [6.45, 7) is 6.71. The number of alkyl carbamates (subject to hydrolysis) is 1. The van der Waals surface area contributed by atoms with Gasteiger partial charge in [0.15, 0.2) is 16.8 Å². The van der Waals surface area contributed by atoms with Crippen LogP contribution in [0.4, 0.5) is 4.79 Å². The lowest BCUT2D eigenvalue weighted by molar-refractivity contribution is -0.136. The summed E-state index contributed by atoms with van der Waals surface area (Å²) in [5, 5.41) is 4.62. The van der Waals surface area contributed by atoms with Crippen molar-refractivity contribution in [3.63, 3.8) is 0 Å². The van der Waals surface area contributed by atoms with Crippen molar-refractivity contribution in [2.45, 2.75) is 52.7 Å². The van der Waals surface area contributed by atoms with Gasteiger partial charge in [-0.15, -0.1) is 4.91 Å². The highest BCUT2D eigenvalue weighted by Gasteiger charge is 2.24. The fourth-order valence-corrected chi connectivity index (χ4v) is 3.09. The van der Waals surface area contributed by atoms with E-state index in [0.717, 1.165) is 6.07 Å². The van der Waals surface area contributed by atoms with E-state index >= 15 is 0 Å². The average Bonchev–Trinajstić information content (AvgIpc) is 2.92. The van der Waals surface area contributed by atoms with Gasteiger partial charge in [0.25, 0.3) is 0 Å². The number of nitrogens with zero attached hydrogens (tertiary/aromatic N) is 1. The molecule has 0 aliphatic rings. The van der Waals surface area contributed by atoms with Crippen LogP contribution in [0.3, 0.4) is 0 Å². The fraction of sp³-hybridized carbons (Fsp3) is 0.393. The first-order valence-corrected chi connectivity index (χ1v) is 12.8. The molecule has 43 heavy (non-hydrogen) atoms. The molecule has 15 nitrogen and oxygen atoms in total. The van der Waals surface area contributed by atoms with Crippen molar-refractivity contribution in [1.29, 1.82) is 0 Å². The molecule has 0 spiro atoms. The van der Waals surface area contributed by atoms with Crippen LogP contribution in [-0.4, -0.2) is 61.6 Å². The summed E-state index contributed by atoms with van der Waals surface area (Å²) in [6.07, 6.45) is -0.592. The number of benzene rings is 2. The highest BCUT2D eigenvalue weighted by molar-refractivity contribution is 5.94. The summed E-state index contributed by atoms with van der Waals surface area (Å²) >= 11 is 0. The van der Waals surface area contributed by atoms with Crippen LogP contribution in [-0.2, 0) is 28.6 Å². The molecule has 1 unspecified atom stereocenters. The Kier molecular flexibility index (Phi) is 12.9. The van der Waals surface area contributed by atoms with Crippen LogP contribution in [0.25, 0.3) is 0 Å². The zero-order chi connectivity index (χ0) is 32.0. The minimum atomic E-state index is -1.15. The number of carbonyl (C=O) groups is 5. The number of carbonyl (C=O) groups excluding carboxylic acids is 5. The third kappa shape index (κ3) is 12.0. The Morgan fingerprint density at radius 1 is 0.884 bits per heavy atom. The molecule has 1 amide bonds. The first kappa shape index (κ1) is 34.0. The van der Waals surface area contributed by atoms with Gasteiger partial charge in [0.05, 0.1) is 12.2 Å². The summed E-state index contributed by atoms with van der Waals surface area (Å²) < 4.78 is 31.0. The molecule has 0 radical (unpaired) electrons. The molecule has 1 N–H and O–H groups in total. The monoisotopic (exact) mass is 604 g/mol. The maximum Gasteiger partial charge on any atom is 0.408 e. The predicted molar refractivity (Wildman–Crippen MR) is 146 cm³/mol. The van der Waals surface area contributed by atoms with Gasteiger partial charge in [0.2, 0.25) is 6.79 Å². The minimum Gasteiger partial charge on any atom is -0.490 e. The van der Waals surface area contributed by atoms with E-state index in [1.54, 1.807) is 26.8 Å². The van der Waals surface area contributed by atoms with Crippen LogP contribution >= 0.6 is 0 Å². The van der Waals surface area contributed by atoms with Crippen molar-refractivity contribution in [3.05, 3.63) is 58.5 Å². The zero-order valence-electron chi connectivity index (χ0n) is 24.2. The van der Waals surface area contributed by atoms with E-state index in [0.29, 0.717) is 0 Å². The minimum absolute atomic E-state index is 0.0239. The maximum atomic E-state index is 12.7. The molecule has 15 heteroatoms. The number of para-hydroxylation sites is 1. The molecular weight excluding hydrogens is 572 g/mol. The number of nitrogens with one attached hydrogen (secondary N) is 1. The third-order valence-corrected chi connectivity index (χ3v) is 4.91. The predicted octanol–water partition coefficient (Wildman–Crippen LogP) is 3.87. The van der Waals surface area contributed by atoms with Gasteiger partial charge < -0.3 is 38.6 Å². The van der Waals surface area contributed by atoms with Gasteiger partial charge in [-0.1, -0.05) is 12.1 Å². The van der Waals surface area contributed by atoms with Crippen molar-refractivity contribution in [2.75, 3.05) is 20.0 Å². The molecule has 0 aromatic heterocycles. The zero-order valence-corrected chi connectivity index (χ0v) is 24.2. The van der Waals surface area contributed by atoms with Gasteiger partial charge in [-0.25, -0.2) is 19.2 Å². The molecule has 0 fully saturated rings. The first-order chi connectivity index (χ1) is 20.3. The highest BCUT2D eigenvalue weighted by Crippen LogP contribution is 2.29. The summed E-state index contributed by atoms with van der Waals surface area (Å²) in [5.41, 5.74) is -0.965. The van der Waals surface area contributed by atoms with Crippen LogP contribution in [0.2, 0.25) is 0 Å². The van der Waals surface area contributed by atoms with Crippen LogP contribution < -0.4 is 19.5 Å². The lowest BCUT2D eigenvalue weighted by Crippen LogP contribution is -2.43. The van der Waals surface area contributed by atoms with Gasteiger partial charge in [-0.2, -0.15) is 0 Å². The second-order valence-electron chi connectivity index (χ2n) is 9.63. The third-order valence-electron chi connectivity index (χ3n) is 4.91. The van der Waals surface area contributed by atoms with E-state index in [9.17, 15) is 28.9 Å². The lowest BCUT2D eigenvalue weighted by Gasteiger charge is -2.21. The van der Waals surface area contributed by atoms with E-state index in [4.69, 9.17) is 28.4 Å². The van der Waals surface area contributed by atoms with Crippen LogP contribution in [0.15, 0.2) is 47.8 Å². The summed E-state index contributed by atoms with van der Waals surface area (Å²) in [7, 11) is 0. The van der Waals surface area contributed by atoms with Gasteiger partial charge in [0.1, 0.15) is 29.6 Å². The van der Waals surface area contributed by atoms with E-state index in [1.165, 1.54) is 44.2 Å². The fourth-order valence-electron chi connectivity index (χ4n) is 3.09. The summed E-state index contributed by atoms with van der Waals surface area (Å²) in [5.74, 6) is -3.59. The van der Waals surface area contributed by atoms with E-state index in [-0.39, 0.29) is 48.0 Å². The molecule has 1 atom stereocenters. The number of hydrogen-bond acceptors (Lipinski definition) is 14. The normalized spacial score (nSPS) is 11.3. The largest absolute Gasteiger partial charge is 0.490 e. The standard InChI is InChI=1S/C28H32N2O13/c1-17(29-27(35)43-28(3,4)5)24(32)42-23-15-19(11-12-22(23)37-13-8-14-40-30-36)25(33)38-16-39-26(34)20-9-6-7-10-21(20)41-18(2)31/h6-7,9-12,15,17H,8,13-14,16H2,1-5H3,(H,29,35). The number of hydrogen-bond donors (Lipinski definition) is 1. The second kappa shape index (κ2) is 16.3. The molecule has 0 aliphatic carbocycles. The van der Waals surface area contributed by atoms with Gasteiger partial charge >= 0.3 is 30.0 Å². The summed E-state index contributed by atoms with van der Waals surface area (Å²) in [6, 6.07) is 8.46. The quantitative estimate of drug-likeness (QED) is 0.0817. The Morgan fingerprint density at radius 3 is 2.26 bits per heavy atom. The second-order valence-corrected chi connectivity index (χ2v) is 9.63.